The Kier molecular flexibility index (Phi) is 11.1. The molecule has 0 aromatic rings. The largest absolute Gasteiger partial charge is 0.390 e. The van der Waals surface area contributed by atoms with Crippen LogP contribution in [0.3, 0.4) is 0 Å². The summed E-state index contributed by atoms with van der Waals surface area (Å²) < 4.78 is 0. The van der Waals surface area contributed by atoms with Crippen LogP contribution in [0.1, 0.15) is 20.3 Å². The first kappa shape index (κ1) is 21.0. The van der Waals surface area contributed by atoms with Gasteiger partial charge in [0.15, 0.2) is 0 Å². The smallest absolute Gasteiger partial charge is 0.0907 e. The number of aliphatic hydroxyl groups is 2. The van der Waals surface area contributed by atoms with Gasteiger partial charge in [0, 0.05) is 57.4 Å². The van der Waals surface area contributed by atoms with E-state index in [0.29, 0.717) is 26.2 Å². The van der Waals surface area contributed by atoms with E-state index in [2.05, 4.69) is 31.3 Å². The van der Waals surface area contributed by atoms with Gasteiger partial charge in [-0.2, -0.15) is 0 Å². The molecule has 0 aromatic heterocycles. The minimum Gasteiger partial charge on any atom is -0.390 e. The van der Waals surface area contributed by atoms with E-state index in [1.165, 1.54) is 0 Å². The molecule has 0 spiro atoms. The van der Waals surface area contributed by atoms with E-state index in [1.54, 1.807) is 24.8 Å². The summed E-state index contributed by atoms with van der Waals surface area (Å²) in [6.45, 7) is 7.39. The molecule has 6 N–H and O–H groups in total. The molecule has 0 aliphatic heterocycles. The lowest BCUT2D eigenvalue weighted by atomic mass is 10.3. The van der Waals surface area contributed by atoms with Gasteiger partial charge in [0.05, 0.1) is 36.7 Å². The summed E-state index contributed by atoms with van der Waals surface area (Å²) in [4.78, 5) is 8.69. The third-order valence-corrected chi connectivity index (χ3v) is 3.28. The monoisotopic (exact) mass is 352 g/mol. The van der Waals surface area contributed by atoms with E-state index in [4.69, 9.17) is 0 Å². The maximum atomic E-state index is 9.82. The summed E-state index contributed by atoms with van der Waals surface area (Å²) in [5.41, 5.74) is 1.85. The minimum absolute atomic E-state index is 0.357. The normalized spacial score (nSPS) is 19.5. The van der Waals surface area contributed by atoms with Crippen LogP contribution in [0.15, 0.2) is 34.8 Å². The van der Waals surface area contributed by atoms with Crippen molar-refractivity contribution in [1.82, 2.24) is 21.3 Å². The molecule has 25 heavy (non-hydrogen) atoms. The number of nitrogens with zero attached hydrogens (tertiary/aromatic N) is 2. The van der Waals surface area contributed by atoms with E-state index in [1.807, 2.05) is 13.8 Å². The molecule has 1 aliphatic rings. The van der Waals surface area contributed by atoms with Crippen LogP contribution in [-0.4, -0.2) is 73.1 Å². The summed E-state index contributed by atoms with van der Waals surface area (Å²) in [5.74, 6) is 0. The lowest BCUT2D eigenvalue weighted by molar-refractivity contribution is 0.184. The maximum absolute atomic E-state index is 9.82. The second kappa shape index (κ2) is 13.3. The van der Waals surface area contributed by atoms with Crippen molar-refractivity contribution in [3.8, 4) is 0 Å². The Hall–Kier alpha value is -2.06. The molecule has 1 aliphatic carbocycles. The van der Waals surface area contributed by atoms with Gasteiger partial charge in [-0.15, -0.1) is 0 Å². The molecule has 2 atom stereocenters. The summed E-state index contributed by atoms with van der Waals surface area (Å²) in [6.07, 6.45) is 6.85. The summed E-state index contributed by atoms with van der Waals surface area (Å²) in [6, 6.07) is 0. The topological polar surface area (TPSA) is 113 Å². The molecule has 0 bridgehead atoms. The van der Waals surface area contributed by atoms with E-state index in [-0.39, 0.29) is 0 Å². The van der Waals surface area contributed by atoms with Crippen LogP contribution in [0.2, 0.25) is 0 Å². The highest BCUT2D eigenvalue weighted by atomic mass is 16.3. The SMILES string of the molecule is CCN/C=C\NCC(O)CN=C1CC1=NCC(O)CN/C=C\NCC. The van der Waals surface area contributed by atoms with Crippen molar-refractivity contribution in [2.45, 2.75) is 32.5 Å². The Labute approximate surface area is 150 Å². The fraction of sp³-hybridized carbons (Fsp3) is 0.647. The molecule has 0 radical (unpaired) electrons. The van der Waals surface area contributed by atoms with E-state index >= 15 is 0 Å². The molecule has 0 amide bonds. The van der Waals surface area contributed by atoms with Crippen molar-refractivity contribution >= 4 is 11.4 Å². The van der Waals surface area contributed by atoms with Gasteiger partial charge in [-0.05, 0) is 13.8 Å². The third kappa shape index (κ3) is 11.2. The highest BCUT2D eigenvalue weighted by molar-refractivity contribution is 6.62. The van der Waals surface area contributed by atoms with Gasteiger partial charge < -0.3 is 31.5 Å². The van der Waals surface area contributed by atoms with Crippen LogP contribution < -0.4 is 21.3 Å². The van der Waals surface area contributed by atoms with Gasteiger partial charge >= 0.3 is 0 Å². The lowest BCUT2D eigenvalue weighted by Crippen LogP contribution is -2.26. The van der Waals surface area contributed by atoms with Crippen molar-refractivity contribution in [2.24, 2.45) is 9.98 Å². The third-order valence-electron chi connectivity index (χ3n) is 3.28. The van der Waals surface area contributed by atoms with Gasteiger partial charge in [0.1, 0.15) is 0 Å². The fourth-order valence-corrected chi connectivity index (χ4v) is 1.85. The Morgan fingerprint density at radius 3 is 1.60 bits per heavy atom. The summed E-state index contributed by atoms with van der Waals surface area (Å²) >= 11 is 0. The predicted octanol–water partition coefficient (Wildman–Crippen LogP) is -0.665. The molecule has 0 saturated heterocycles. The van der Waals surface area contributed by atoms with E-state index in [0.717, 1.165) is 30.9 Å². The van der Waals surface area contributed by atoms with Crippen LogP contribution in [0.4, 0.5) is 0 Å². The van der Waals surface area contributed by atoms with E-state index in [9.17, 15) is 10.2 Å². The van der Waals surface area contributed by atoms with Crippen LogP contribution in [0.5, 0.6) is 0 Å². The number of aliphatic imine (C=N–C) groups is 2. The Morgan fingerprint density at radius 2 is 1.20 bits per heavy atom. The highest BCUT2D eigenvalue weighted by Gasteiger charge is 2.25. The van der Waals surface area contributed by atoms with Crippen molar-refractivity contribution in [2.75, 3.05) is 39.3 Å². The molecule has 2 unspecified atom stereocenters. The van der Waals surface area contributed by atoms with Crippen molar-refractivity contribution < 1.29 is 10.2 Å². The first-order valence-electron chi connectivity index (χ1n) is 8.84. The molecule has 0 aromatic carbocycles. The summed E-state index contributed by atoms with van der Waals surface area (Å²) in [5, 5.41) is 31.7. The van der Waals surface area contributed by atoms with Crippen molar-refractivity contribution in [3.63, 3.8) is 0 Å². The average Bonchev–Trinajstić information content (AvgIpc) is 3.36. The molecule has 0 heterocycles. The molecule has 1 saturated carbocycles. The van der Waals surface area contributed by atoms with E-state index < -0.39 is 12.2 Å². The molecular formula is C17H32N6O2. The van der Waals surface area contributed by atoms with Gasteiger partial charge in [0.2, 0.25) is 0 Å². The van der Waals surface area contributed by atoms with Crippen LogP contribution in [-0.2, 0) is 0 Å². The summed E-state index contributed by atoms with van der Waals surface area (Å²) in [7, 11) is 0. The maximum Gasteiger partial charge on any atom is 0.0907 e. The van der Waals surface area contributed by atoms with Crippen molar-refractivity contribution in [1.29, 1.82) is 0 Å². The van der Waals surface area contributed by atoms with Crippen LogP contribution >= 0.6 is 0 Å². The predicted molar refractivity (Wildman–Crippen MR) is 103 cm³/mol. The zero-order valence-corrected chi connectivity index (χ0v) is 15.2. The second-order valence-corrected chi connectivity index (χ2v) is 5.66. The van der Waals surface area contributed by atoms with Gasteiger partial charge in [-0.25, -0.2) is 0 Å². The molecule has 142 valence electrons. The number of rotatable bonds is 14. The minimum atomic E-state index is -0.529. The number of hydrogen-bond donors (Lipinski definition) is 6. The van der Waals surface area contributed by atoms with Gasteiger partial charge in [0.25, 0.3) is 0 Å². The Morgan fingerprint density at radius 1 is 0.800 bits per heavy atom. The molecule has 8 nitrogen and oxygen atoms in total. The molecular weight excluding hydrogens is 320 g/mol. The quantitative estimate of drug-likeness (QED) is 0.247. The van der Waals surface area contributed by atoms with Gasteiger partial charge in [-0.3, -0.25) is 9.98 Å². The number of aliphatic hydroxyl groups excluding tert-OH is 2. The Balaban J connectivity index is 2.13. The zero-order chi connectivity index (χ0) is 18.3. The molecule has 8 heteroatoms. The molecule has 1 rings (SSSR count). The second-order valence-electron chi connectivity index (χ2n) is 5.66. The zero-order valence-electron chi connectivity index (χ0n) is 15.2. The standard InChI is InChI=1S/C17H32N6O2/c1-3-18-5-7-20-10-14(24)12-22-16-9-17(16)23-13-15(25)11-21-8-6-19-4-2/h5-8,14-15,18-21,24-25H,3-4,9-13H2,1-2H3/b7-5-,8-6-,22-16?,23-17?. The fourth-order valence-electron chi connectivity index (χ4n) is 1.85. The highest BCUT2D eigenvalue weighted by Crippen LogP contribution is 2.12. The first-order chi connectivity index (χ1) is 12.2. The Bertz CT molecular complexity index is 434. The molecule has 1 fully saturated rings. The lowest BCUT2D eigenvalue weighted by Gasteiger charge is -2.07. The van der Waals surface area contributed by atoms with Crippen molar-refractivity contribution in [3.05, 3.63) is 24.8 Å². The van der Waals surface area contributed by atoms with Gasteiger partial charge in [-0.1, -0.05) is 0 Å². The van der Waals surface area contributed by atoms with Crippen LogP contribution in [0, 0.1) is 0 Å². The average molecular weight is 352 g/mol. The number of nitrogens with one attached hydrogen (secondary N) is 4. The first-order valence-corrected chi connectivity index (χ1v) is 8.84. The number of hydrogen-bond acceptors (Lipinski definition) is 8. The van der Waals surface area contributed by atoms with Crippen LogP contribution in [0.25, 0.3) is 0 Å².